The first kappa shape index (κ1) is 9.71. The lowest BCUT2D eigenvalue weighted by molar-refractivity contribution is 0.268. The molecule has 14 heavy (non-hydrogen) atoms. The molecule has 0 aromatic heterocycles. The fraction of sp³-hybridized carbons (Fsp3) is 0.636. The van der Waals surface area contributed by atoms with Gasteiger partial charge >= 0.3 is 0 Å². The molecular weight excluding hydrogens is 179 g/mol. The zero-order chi connectivity index (χ0) is 9.97. The van der Waals surface area contributed by atoms with Crippen molar-refractivity contribution >= 4 is 0 Å². The summed E-state index contributed by atoms with van der Waals surface area (Å²) in [5, 5.41) is 3.30. The van der Waals surface area contributed by atoms with E-state index in [1.54, 1.807) is 12.2 Å². The van der Waals surface area contributed by atoms with Crippen molar-refractivity contribution in [2.24, 2.45) is 5.92 Å². The highest BCUT2D eigenvalue weighted by molar-refractivity contribution is 5.24. The Morgan fingerprint density at radius 3 is 2.86 bits per heavy atom. The van der Waals surface area contributed by atoms with Crippen molar-refractivity contribution in [3.8, 4) is 0 Å². The molecule has 0 radical (unpaired) electrons. The van der Waals surface area contributed by atoms with Crippen LogP contribution in [0.4, 0.5) is 4.39 Å². The molecule has 2 nitrogen and oxygen atoms in total. The summed E-state index contributed by atoms with van der Waals surface area (Å²) in [4.78, 5) is 2.30. The summed E-state index contributed by atoms with van der Waals surface area (Å²) in [6.45, 7) is 6.19. The summed E-state index contributed by atoms with van der Waals surface area (Å²) in [5.74, 6) is 0.393. The van der Waals surface area contributed by atoms with Crippen LogP contribution < -0.4 is 5.32 Å². The highest BCUT2D eigenvalue weighted by Gasteiger charge is 2.20. The van der Waals surface area contributed by atoms with Crippen LogP contribution >= 0.6 is 0 Å². The second-order valence-corrected chi connectivity index (χ2v) is 4.03. The van der Waals surface area contributed by atoms with Crippen molar-refractivity contribution in [1.82, 2.24) is 10.2 Å². The van der Waals surface area contributed by atoms with Gasteiger partial charge in [-0.05, 0) is 24.5 Å². The molecule has 78 valence electrons. The van der Waals surface area contributed by atoms with Gasteiger partial charge in [0.2, 0.25) is 0 Å². The van der Waals surface area contributed by atoms with Gasteiger partial charge in [0.25, 0.3) is 0 Å². The largest absolute Gasteiger partial charge is 0.372 e. The Labute approximate surface area is 84.5 Å². The minimum Gasteiger partial charge on any atom is -0.372 e. The maximum absolute atomic E-state index is 13.1. The van der Waals surface area contributed by atoms with Crippen molar-refractivity contribution in [2.45, 2.75) is 13.3 Å². The Balaban J connectivity index is 2.10. The standard InChI is InChI=1S/C11H17FN2/c1-9-2-3-10(12)8-11(9)14-6-4-13-5-7-14/h3,8-9,13H,2,4-7H2,1H3. The highest BCUT2D eigenvalue weighted by atomic mass is 19.1. The van der Waals surface area contributed by atoms with Gasteiger partial charge < -0.3 is 10.2 Å². The fourth-order valence-corrected chi connectivity index (χ4v) is 2.08. The van der Waals surface area contributed by atoms with Gasteiger partial charge in [-0.15, -0.1) is 0 Å². The fourth-order valence-electron chi connectivity index (χ4n) is 2.08. The third kappa shape index (κ3) is 1.98. The molecule has 1 aliphatic carbocycles. The van der Waals surface area contributed by atoms with Crippen molar-refractivity contribution < 1.29 is 4.39 Å². The molecule has 1 atom stereocenters. The number of nitrogens with zero attached hydrogens (tertiary/aromatic N) is 1. The molecule has 0 saturated carbocycles. The first-order valence-corrected chi connectivity index (χ1v) is 5.30. The molecule has 0 aromatic carbocycles. The van der Waals surface area contributed by atoms with Gasteiger partial charge in [-0.2, -0.15) is 0 Å². The van der Waals surface area contributed by atoms with E-state index < -0.39 is 0 Å². The zero-order valence-electron chi connectivity index (χ0n) is 8.59. The average Bonchev–Trinajstić information content (AvgIpc) is 2.23. The van der Waals surface area contributed by atoms with Crippen molar-refractivity contribution in [3.05, 3.63) is 23.7 Å². The van der Waals surface area contributed by atoms with E-state index >= 15 is 0 Å². The summed E-state index contributed by atoms with van der Waals surface area (Å²) in [7, 11) is 0. The highest BCUT2D eigenvalue weighted by Crippen LogP contribution is 2.26. The molecular formula is C11H17FN2. The first-order valence-electron chi connectivity index (χ1n) is 5.30. The predicted molar refractivity (Wildman–Crippen MR) is 55.5 cm³/mol. The van der Waals surface area contributed by atoms with E-state index in [1.807, 2.05) is 0 Å². The van der Waals surface area contributed by atoms with Gasteiger partial charge in [-0.1, -0.05) is 6.92 Å². The molecule has 2 rings (SSSR count). The molecule has 1 N–H and O–H groups in total. The Kier molecular flexibility index (Phi) is 2.87. The summed E-state index contributed by atoms with van der Waals surface area (Å²) < 4.78 is 13.1. The van der Waals surface area contributed by atoms with E-state index in [2.05, 4.69) is 17.1 Å². The number of halogens is 1. The Morgan fingerprint density at radius 2 is 2.14 bits per heavy atom. The van der Waals surface area contributed by atoms with Crippen LogP contribution in [0.1, 0.15) is 13.3 Å². The maximum atomic E-state index is 13.1. The lowest BCUT2D eigenvalue weighted by Gasteiger charge is -2.35. The number of piperazine rings is 1. The molecule has 1 saturated heterocycles. The van der Waals surface area contributed by atoms with Crippen molar-refractivity contribution in [3.63, 3.8) is 0 Å². The SMILES string of the molecule is CC1CC=C(F)C=C1N1CCNCC1. The van der Waals surface area contributed by atoms with Crippen LogP contribution in [0.3, 0.4) is 0 Å². The van der Waals surface area contributed by atoms with E-state index in [-0.39, 0.29) is 5.83 Å². The van der Waals surface area contributed by atoms with E-state index in [9.17, 15) is 4.39 Å². The minimum atomic E-state index is -0.0726. The second kappa shape index (κ2) is 4.13. The molecule has 3 heteroatoms. The summed E-state index contributed by atoms with van der Waals surface area (Å²) in [6, 6.07) is 0. The van der Waals surface area contributed by atoms with Gasteiger partial charge in [0.15, 0.2) is 0 Å². The normalized spacial score (nSPS) is 28.4. The van der Waals surface area contributed by atoms with Crippen LogP contribution in [0.25, 0.3) is 0 Å². The minimum absolute atomic E-state index is 0.0726. The van der Waals surface area contributed by atoms with Crippen LogP contribution in [0, 0.1) is 5.92 Å². The smallest absolute Gasteiger partial charge is 0.120 e. The summed E-state index contributed by atoms with van der Waals surface area (Å²) in [6.07, 6.45) is 4.21. The lowest BCUT2D eigenvalue weighted by Crippen LogP contribution is -2.44. The van der Waals surface area contributed by atoms with Crippen LogP contribution in [-0.4, -0.2) is 31.1 Å². The Hall–Kier alpha value is -0.830. The average molecular weight is 196 g/mol. The summed E-state index contributed by atoms with van der Waals surface area (Å²) in [5.41, 5.74) is 1.17. The molecule has 2 aliphatic rings. The first-order chi connectivity index (χ1) is 6.77. The molecule has 1 aliphatic heterocycles. The third-order valence-electron chi connectivity index (χ3n) is 2.94. The molecule has 1 heterocycles. The monoisotopic (exact) mass is 196 g/mol. The van der Waals surface area contributed by atoms with Crippen LogP contribution in [0.5, 0.6) is 0 Å². The number of allylic oxidation sites excluding steroid dienone is 4. The number of rotatable bonds is 1. The number of nitrogens with one attached hydrogen (secondary N) is 1. The second-order valence-electron chi connectivity index (χ2n) is 4.03. The van der Waals surface area contributed by atoms with Crippen molar-refractivity contribution in [2.75, 3.05) is 26.2 Å². The van der Waals surface area contributed by atoms with E-state index in [0.29, 0.717) is 5.92 Å². The molecule has 1 fully saturated rings. The van der Waals surface area contributed by atoms with Crippen LogP contribution in [0.2, 0.25) is 0 Å². The van der Waals surface area contributed by atoms with E-state index in [0.717, 1.165) is 32.6 Å². The third-order valence-corrected chi connectivity index (χ3v) is 2.94. The molecule has 0 aromatic rings. The van der Waals surface area contributed by atoms with Gasteiger partial charge in [0.05, 0.1) is 0 Å². The number of hydrogen-bond donors (Lipinski definition) is 1. The van der Waals surface area contributed by atoms with Crippen LogP contribution in [0.15, 0.2) is 23.7 Å². The molecule has 0 amide bonds. The Bertz CT molecular complexity index is 264. The topological polar surface area (TPSA) is 15.3 Å². The maximum Gasteiger partial charge on any atom is 0.120 e. The quantitative estimate of drug-likeness (QED) is 0.686. The van der Waals surface area contributed by atoms with Gasteiger partial charge in [-0.3, -0.25) is 0 Å². The Morgan fingerprint density at radius 1 is 1.43 bits per heavy atom. The zero-order valence-corrected chi connectivity index (χ0v) is 8.59. The lowest BCUT2D eigenvalue weighted by atomic mass is 9.97. The van der Waals surface area contributed by atoms with Gasteiger partial charge in [-0.25, -0.2) is 4.39 Å². The molecule has 0 bridgehead atoms. The van der Waals surface area contributed by atoms with Crippen molar-refractivity contribution in [1.29, 1.82) is 0 Å². The van der Waals surface area contributed by atoms with E-state index in [4.69, 9.17) is 0 Å². The summed E-state index contributed by atoms with van der Waals surface area (Å²) >= 11 is 0. The number of hydrogen-bond acceptors (Lipinski definition) is 2. The van der Waals surface area contributed by atoms with Gasteiger partial charge in [0.1, 0.15) is 5.83 Å². The predicted octanol–water partition coefficient (Wildman–Crippen LogP) is 1.67. The molecule has 1 unspecified atom stereocenters. The van der Waals surface area contributed by atoms with E-state index in [1.165, 1.54) is 5.70 Å². The molecule has 0 spiro atoms. The van der Waals surface area contributed by atoms with Crippen LogP contribution in [-0.2, 0) is 0 Å². The van der Waals surface area contributed by atoms with Gasteiger partial charge in [0, 0.05) is 31.9 Å².